The molecule has 6 aromatic rings. The first kappa shape index (κ1) is 12.9. The number of aromatic nitrogens is 3. The number of benzene rings is 3. The van der Waals surface area contributed by atoms with Crippen LogP contribution in [0.1, 0.15) is 0 Å². The maximum Gasteiger partial charge on any atom is 0.0997 e. The fourth-order valence-corrected chi connectivity index (χ4v) is 3.95. The van der Waals surface area contributed by atoms with Gasteiger partial charge in [-0.3, -0.25) is 9.38 Å². The van der Waals surface area contributed by atoms with Crippen LogP contribution in [0.4, 0.5) is 0 Å². The first-order chi connectivity index (χ1) is 12.4. The lowest BCUT2D eigenvalue weighted by atomic mass is 9.98. The van der Waals surface area contributed by atoms with Crippen molar-refractivity contribution < 1.29 is 0 Å². The number of fused-ring (bicyclic) bond motifs is 9. The fraction of sp³-hybridized carbons (Fsp3) is 0. The molecule has 0 fully saturated rings. The Bertz CT molecular complexity index is 1440. The van der Waals surface area contributed by atoms with Gasteiger partial charge >= 0.3 is 0 Å². The second-order valence-corrected chi connectivity index (χ2v) is 6.43. The number of hydrogen-bond donors (Lipinski definition) is 0. The van der Waals surface area contributed by atoms with E-state index in [1.54, 1.807) is 0 Å². The lowest BCUT2D eigenvalue weighted by molar-refractivity contribution is 1.21. The SMILES string of the molecule is c1ccc2c(c1)ccc1cc3c4cccnc4c4cncn4c3cc12. The van der Waals surface area contributed by atoms with Crippen molar-refractivity contribution in [2.45, 2.75) is 0 Å². The summed E-state index contributed by atoms with van der Waals surface area (Å²) in [7, 11) is 0. The van der Waals surface area contributed by atoms with Gasteiger partial charge in [-0.1, -0.05) is 42.5 Å². The Balaban J connectivity index is 1.95. The average molecular weight is 319 g/mol. The first-order valence-electron chi connectivity index (χ1n) is 8.34. The van der Waals surface area contributed by atoms with Gasteiger partial charge in [0.25, 0.3) is 0 Å². The molecular formula is C22H13N3. The van der Waals surface area contributed by atoms with E-state index in [0.717, 1.165) is 16.6 Å². The average Bonchev–Trinajstić information content (AvgIpc) is 3.17. The van der Waals surface area contributed by atoms with Crippen LogP contribution in [0.15, 0.2) is 79.4 Å². The van der Waals surface area contributed by atoms with E-state index in [2.05, 4.69) is 69.0 Å². The summed E-state index contributed by atoms with van der Waals surface area (Å²) in [6, 6.07) is 21.6. The molecular weight excluding hydrogens is 306 g/mol. The summed E-state index contributed by atoms with van der Waals surface area (Å²) in [4.78, 5) is 8.97. The van der Waals surface area contributed by atoms with Gasteiger partial charge in [0.1, 0.15) is 0 Å². The Morgan fingerprint density at radius 1 is 0.680 bits per heavy atom. The molecule has 3 nitrogen and oxygen atoms in total. The van der Waals surface area contributed by atoms with Crippen LogP contribution in [0.3, 0.4) is 0 Å². The van der Waals surface area contributed by atoms with Gasteiger partial charge in [0.15, 0.2) is 0 Å². The second-order valence-electron chi connectivity index (χ2n) is 6.43. The summed E-state index contributed by atoms with van der Waals surface area (Å²) in [5, 5.41) is 7.43. The van der Waals surface area contributed by atoms with Gasteiger partial charge in [0.05, 0.1) is 29.1 Å². The van der Waals surface area contributed by atoms with Gasteiger partial charge in [0, 0.05) is 17.0 Å². The van der Waals surface area contributed by atoms with Crippen molar-refractivity contribution in [3.8, 4) is 0 Å². The molecule has 0 unspecified atom stereocenters. The van der Waals surface area contributed by atoms with Gasteiger partial charge in [-0.15, -0.1) is 0 Å². The van der Waals surface area contributed by atoms with Crippen molar-refractivity contribution in [2.75, 3.05) is 0 Å². The molecule has 3 heteroatoms. The molecule has 0 aliphatic carbocycles. The van der Waals surface area contributed by atoms with Gasteiger partial charge in [-0.05, 0) is 39.7 Å². The Hall–Kier alpha value is -3.46. The minimum Gasteiger partial charge on any atom is -0.297 e. The van der Waals surface area contributed by atoms with E-state index in [-0.39, 0.29) is 0 Å². The lowest BCUT2D eigenvalue weighted by Gasteiger charge is -2.11. The highest BCUT2D eigenvalue weighted by Crippen LogP contribution is 2.34. The third-order valence-electron chi connectivity index (χ3n) is 5.10. The minimum absolute atomic E-state index is 0.993. The Morgan fingerprint density at radius 2 is 1.56 bits per heavy atom. The molecule has 0 saturated carbocycles. The molecule has 0 radical (unpaired) electrons. The maximum absolute atomic E-state index is 4.60. The van der Waals surface area contributed by atoms with E-state index in [1.807, 2.05) is 24.8 Å². The van der Waals surface area contributed by atoms with Crippen LogP contribution in [-0.2, 0) is 0 Å². The van der Waals surface area contributed by atoms with Crippen LogP contribution < -0.4 is 0 Å². The normalized spacial score (nSPS) is 12.0. The Labute approximate surface area is 143 Å². The Kier molecular flexibility index (Phi) is 2.35. The van der Waals surface area contributed by atoms with Crippen LogP contribution in [0, 0.1) is 0 Å². The topological polar surface area (TPSA) is 30.2 Å². The molecule has 0 N–H and O–H groups in total. The highest BCUT2D eigenvalue weighted by Gasteiger charge is 2.11. The molecule has 0 spiro atoms. The zero-order valence-corrected chi connectivity index (χ0v) is 13.3. The molecule has 25 heavy (non-hydrogen) atoms. The largest absolute Gasteiger partial charge is 0.297 e. The molecule has 3 aromatic heterocycles. The molecule has 0 aliphatic heterocycles. The van der Waals surface area contributed by atoms with Crippen molar-refractivity contribution in [1.82, 2.24) is 14.4 Å². The summed E-state index contributed by atoms with van der Waals surface area (Å²) < 4.78 is 2.14. The third kappa shape index (κ3) is 1.64. The molecule has 0 aliphatic rings. The number of imidazole rings is 1. The number of nitrogens with zero attached hydrogens (tertiary/aromatic N) is 3. The van der Waals surface area contributed by atoms with Crippen LogP contribution in [0.2, 0.25) is 0 Å². The summed E-state index contributed by atoms with van der Waals surface area (Å²) in [5.41, 5.74) is 3.20. The monoisotopic (exact) mass is 319 g/mol. The van der Waals surface area contributed by atoms with Crippen LogP contribution in [0.25, 0.3) is 48.9 Å². The van der Waals surface area contributed by atoms with Gasteiger partial charge in [0.2, 0.25) is 0 Å². The van der Waals surface area contributed by atoms with Crippen molar-refractivity contribution in [1.29, 1.82) is 0 Å². The van der Waals surface area contributed by atoms with E-state index in [0.29, 0.717) is 0 Å². The molecule has 0 amide bonds. The van der Waals surface area contributed by atoms with Crippen LogP contribution >= 0.6 is 0 Å². The van der Waals surface area contributed by atoms with Crippen LogP contribution in [0.5, 0.6) is 0 Å². The van der Waals surface area contributed by atoms with Gasteiger partial charge < -0.3 is 0 Å². The first-order valence-corrected chi connectivity index (χ1v) is 8.34. The fourth-order valence-electron chi connectivity index (χ4n) is 3.95. The lowest BCUT2D eigenvalue weighted by Crippen LogP contribution is -1.92. The van der Waals surface area contributed by atoms with Crippen molar-refractivity contribution >= 4 is 48.9 Å². The summed E-state index contributed by atoms with van der Waals surface area (Å²) >= 11 is 0. The predicted molar refractivity (Wildman–Crippen MR) is 103 cm³/mol. The van der Waals surface area contributed by atoms with E-state index in [4.69, 9.17) is 0 Å². The van der Waals surface area contributed by atoms with Crippen molar-refractivity contribution in [3.05, 3.63) is 79.4 Å². The summed E-state index contributed by atoms with van der Waals surface area (Å²) in [6.45, 7) is 0. The van der Waals surface area contributed by atoms with E-state index in [1.165, 1.54) is 32.3 Å². The highest BCUT2D eigenvalue weighted by molar-refractivity contribution is 6.18. The van der Waals surface area contributed by atoms with Crippen LogP contribution in [-0.4, -0.2) is 14.4 Å². The number of rotatable bonds is 0. The van der Waals surface area contributed by atoms with E-state index < -0.39 is 0 Å². The summed E-state index contributed by atoms with van der Waals surface area (Å²) in [6.07, 6.45) is 5.61. The standard InChI is InChI=1S/C22H13N3/c1-2-5-16-14(4-1)7-8-15-10-19-17-6-3-9-24-22(17)21-12-23-13-25(21)20(19)11-18(15)16/h1-13H. The number of hydrogen-bond acceptors (Lipinski definition) is 2. The minimum atomic E-state index is 0.993. The molecule has 0 saturated heterocycles. The quantitative estimate of drug-likeness (QED) is 0.279. The van der Waals surface area contributed by atoms with Gasteiger partial charge in [-0.25, -0.2) is 4.98 Å². The van der Waals surface area contributed by atoms with E-state index >= 15 is 0 Å². The highest BCUT2D eigenvalue weighted by atomic mass is 15.0. The molecule has 3 heterocycles. The van der Waals surface area contributed by atoms with E-state index in [9.17, 15) is 0 Å². The molecule has 0 atom stereocenters. The maximum atomic E-state index is 4.60. The van der Waals surface area contributed by atoms with Gasteiger partial charge in [-0.2, -0.15) is 0 Å². The molecule has 3 aromatic carbocycles. The summed E-state index contributed by atoms with van der Waals surface area (Å²) in [5.74, 6) is 0. The number of pyridine rings is 2. The molecule has 6 rings (SSSR count). The van der Waals surface area contributed by atoms with Crippen molar-refractivity contribution in [3.63, 3.8) is 0 Å². The molecule has 0 bridgehead atoms. The predicted octanol–water partition coefficient (Wildman–Crippen LogP) is 5.34. The van der Waals surface area contributed by atoms with Crippen molar-refractivity contribution in [2.24, 2.45) is 0 Å². The zero-order valence-electron chi connectivity index (χ0n) is 13.3. The zero-order chi connectivity index (χ0) is 16.4. The third-order valence-corrected chi connectivity index (χ3v) is 5.10. The smallest absolute Gasteiger partial charge is 0.0997 e. The Morgan fingerprint density at radius 3 is 2.56 bits per heavy atom. The molecule has 116 valence electrons. The second kappa shape index (κ2) is 4.54.